The maximum Gasteiger partial charge on any atom is 0.193 e. The molecule has 5 heteroatoms. The Hall–Kier alpha value is -1.26. The lowest BCUT2D eigenvalue weighted by molar-refractivity contribution is 0.214. The highest BCUT2D eigenvalue weighted by molar-refractivity contribution is 6.30. The number of piperidine rings is 1. The molecule has 0 aromatic heterocycles. The van der Waals surface area contributed by atoms with Gasteiger partial charge in [-0.1, -0.05) is 23.7 Å². The van der Waals surface area contributed by atoms with Gasteiger partial charge in [0, 0.05) is 31.7 Å². The maximum atomic E-state index is 6.08. The van der Waals surface area contributed by atoms with Crippen molar-refractivity contribution in [1.29, 1.82) is 0 Å². The second-order valence-corrected chi connectivity index (χ2v) is 7.19. The lowest BCUT2D eigenvalue weighted by Crippen LogP contribution is -2.38. The maximum absolute atomic E-state index is 6.08. The first kappa shape index (κ1) is 19.1. The number of nitrogens with zero attached hydrogens (tertiary/aromatic N) is 3. The molecule has 1 saturated heterocycles. The SMILES string of the molecule is CCNC(=NCCC1CCN(C)CC1)N(C)Cc1cccc(Cl)c1. The van der Waals surface area contributed by atoms with Gasteiger partial charge in [0.05, 0.1) is 0 Å². The summed E-state index contributed by atoms with van der Waals surface area (Å²) in [6.45, 7) is 7.15. The van der Waals surface area contributed by atoms with Gasteiger partial charge < -0.3 is 15.1 Å². The zero-order valence-electron chi connectivity index (χ0n) is 15.3. The first-order chi connectivity index (χ1) is 11.6. The minimum absolute atomic E-state index is 0.783. The molecule has 1 aromatic rings. The number of likely N-dealkylation sites (tertiary alicyclic amines) is 1. The lowest BCUT2D eigenvalue weighted by Gasteiger charge is -2.28. The van der Waals surface area contributed by atoms with Crippen LogP contribution in [-0.4, -0.2) is 56.0 Å². The fourth-order valence-corrected chi connectivity index (χ4v) is 3.37. The third kappa shape index (κ3) is 6.33. The van der Waals surface area contributed by atoms with Crippen LogP contribution in [0.2, 0.25) is 5.02 Å². The number of hydrogen-bond donors (Lipinski definition) is 1. The molecule has 1 fully saturated rings. The molecule has 1 aliphatic heterocycles. The molecule has 1 N–H and O–H groups in total. The van der Waals surface area contributed by atoms with Gasteiger partial charge in [0.15, 0.2) is 5.96 Å². The van der Waals surface area contributed by atoms with Gasteiger partial charge in [-0.15, -0.1) is 0 Å². The Kier molecular flexibility index (Phi) is 7.86. The predicted molar refractivity (Wildman–Crippen MR) is 104 cm³/mol. The van der Waals surface area contributed by atoms with E-state index in [2.05, 4.69) is 42.2 Å². The fraction of sp³-hybridized carbons (Fsp3) is 0.632. The third-order valence-electron chi connectivity index (χ3n) is 4.64. The Labute approximate surface area is 151 Å². The number of nitrogens with one attached hydrogen (secondary N) is 1. The van der Waals surface area contributed by atoms with E-state index in [1.54, 1.807) is 0 Å². The average Bonchev–Trinajstić information content (AvgIpc) is 2.56. The zero-order chi connectivity index (χ0) is 17.4. The van der Waals surface area contributed by atoms with Crippen LogP contribution in [0, 0.1) is 5.92 Å². The number of benzene rings is 1. The standard InChI is InChI=1S/C19H31ClN4/c1-4-21-19(22-11-8-16-9-12-23(2)13-10-16)24(3)15-17-6-5-7-18(20)14-17/h5-7,14,16H,4,8-13,15H2,1-3H3,(H,21,22). The first-order valence-electron chi connectivity index (χ1n) is 9.01. The van der Waals surface area contributed by atoms with Crippen LogP contribution in [0.3, 0.4) is 0 Å². The van der Waals surface area contributed by atoms with Crippen LogP contribution < -0.4 is 5.32 Å². The predicted octanol–water partition coefficient (Wildman–Crippen LogP) is 3.47. The molecule has 0 bridgehead atoms. The van der Waals surface area contributed by atoms with E-state index >= 15 is 0 Å². The summed E-state index contributed by atoms with van der Waals surface area (Å²) in [6.07, 6.45) is 3.80. The monoisotopic (exact) mass is 350 g/mol. The molecule has 0 atom stereocenters. The summed E-state index contributed by atoms with van der Waals surface area (Å²) >= 11 is 6.08. The van der Waals surface area contributed by atoms with Crippen molar-refractivity contribution < 1.29 is 0 Å². The topological polar surface area (TPSA) is 30.9 Å². The normalized spacial score (nSPS) is 17.1. The van der Waals surface area contributed by atoms with Crippen LogP contribution in [0.15, 0.2) is 29.3 Å². The summed E-state index contributed by atoms with van der Waals surface area (Å²) in [6, 6.07) is 8.02. The second kappa shape index (κ2) is 9.90. The van der Waals surface area contributed by atoms with Gasteiger partial charge in [0.25, 0.3) is 0 Å². The van der Waals surface area contributed by atoms with Crippen molar-refractivity contribution in [2.45, 2.75) is 32.7 Å². The van der Waals surface area contributed by atoms with Gasteiger partial charge in [0.2, 0.25) is 0 Å². The Morgan fingerprint density at radius 1 is 1.38 bits per heavy atom. The molecule has 0 radical (unpaired) electrons. The Bertz CT molecular complexity index is 524. The quantitative estimate of drug-likeness (QED) is 0.629. The van der Waals surface area contributed by atoms with Crippen LogP contribution in [0.1, 0.15) is 31.7 Å². The summed E-state index contributed by atoms with van der Waals surface area (Å²) in [5.74, 6) is 1.80. The van der Waals surface area contributed by atoms with E-state index < -0.39 is 0 Å². The Morgan fingerprint density at radius 2 is 2.12 bits per heavy atom. The van der Waals surface area contributed by atoms with Crippen LogP contribution in [-0.2, 0) is 6.54 Å². The molecule has 24 heavy (non-hydrogen) atoms. The molecule has 2 rings (SSSR count). The second-order valence-electron chi connectivity index (χ2n) is 6.76. The summed E-state index contributed by atoms with van der Waals surface area (Å²) in [5.41, 5.74) is 1.20. The van der Waals surface area contributed by atoms with E-state index in [1.165, 1.54) is 37.9 Å². The summed E-state index contributed by atoms with van der Waals surface area (Å²) in [5, 5.41) is 4.18. The molecule has 4 nitrogen and oxygen atoms in total. The van der Waals surface area contributed by atoms with Gasteiger partial charge in [-0.25, -0.2) is 0 Å². The van der Waals surface area contributed by atoms with Crippen molar-refractivity contribution in [2.24, 2.45) is 10.9 Å². The molecule has 0 amide bonds. The number of hydrogen-bond acceptors (Lipinski definition) is 2. The van der Waals surface area contributed by atoms with Gasteiger partial charge in [-0.2, -0.15) is 0 Å². The van der Waals surface area contributed by atoms with Gasteiger partial charge in [-0.05, 0) is 69.9 Å². The van der Waals surface area contributed by atoms with Crippen LogP contribution in [0.5, 0.6) is 0 Å². The molecule has 0 unspecified atom stereocenters. The number of rotatable bonds is 6. The van der Waals surface area contributed by atoms with E-state index in [9.17, 15) is 0 Å². The fourth-order valence-electron chi connectivity index (χ4n) is 3.16. The van der Waals surface area contributed by atoms with Crippen molar-refractivity contribution in [2.75, 3.05) is 40.3 Å². The third-order valence-corrected chi connectivity index (χ3v) is 4.88. The van der Waals surface area contributed by atoms with Crippen molar-refractivity contribution >= 4 is 17.6 Å². The van der Waals surface area contributed by atoms with Crippen LogP contribution in [0.25, 0.3) is 0 Å². The molecule has 1 aliphatic rings. The average molecular weight is 351 g/mol. The molecular formula is C19H31ClN4. The van der Waals surface area contributed by atoms with Crippen molar-refractivity contribution in [3.63, 3.8) is 0 Å². The number of aliphatic imine (C=N–C) groups is 1. The van der Waals surface area contributed by atoms with Crippen molar-refractivity contribution in [3.05, 3.63) is 34.9 Å². The zero-order valence-corrected chi connectivity index (χ0v) is 16.0. The van der Waals surface area contributed by atoms with E-state index in [-0.39, 0.29) is 0 Å². The van der Waals surface area contributed by atoms with Gasteiger partial charge in [-0.3, -0.25) is 4.99 Å². The molecule has 134 valence electrons. The van der Waals surface area contributed by atoms with E-state index in [1.807, 2.05) is 18.2 Å². The summed E-state index contributed by atoms with van der Waals surface area (Å²) in [7, 11) is 4.29. The minimum atomic E-state index is 0.783. The van der Waals surface area contributed by atoms with Crippen LogP contribution >= 0.6 is 11.6 Å². The first-order valence-corrected chi connectivity index (χ1v) is 9.38. The highest BCUT2D eigenvalue weighted by Gasteiger charge is 2.16. The molecule has 0 saturated carbocycles. The molecule has 0 spiro atoms. The largest absolute Gasteiger partial charge is 0.357 e. The summed E-state index contributed by atoms with van der Waals surface area (Å²) < 4.78 is 0. The smallest absolute Gasteiger partial charge is 0.193 e. The van der Waals surface area contributed by atoms with Crippen molar-refractivity contribution in [3.8, 4) is 0 Å². The lowest BCUT2D eigenvalue weighted by atomic mass is 9.94. The number of guanidine groups is 1. The highest BCUT2D eigenvalue weighted by atomic mass is 35.5. The summed E-state index contributed by atoms with van der Waals surface area (Å²) in [4.78, 5) is 9.42. The number of halogens is 1. The highest BCUT2D eigenvalue weighted by Crippen LogP contribution is 2.19. The van der Waals surface area contributed by atoms with Crippen molar-refractivity contribution in [1.82, 2.24) is 15.1 Å². The Balaban J connectivity index is 1.87. The van der Waals surface area contributed by atoms with Gasteiger partial charge >= 0.3 is 0 Å². The van der Waals surface area contributed by atoms with Gasteiger partial charge in [0.1, 0.15) is 0 Å². The molecule has 1 aromatic carbocycles. The molecule has 0 aliphatic carbocycles. The molecular weight excluding hydrogens is 320 g/mol. The molecule has 1 heterocycles. The van der Waals surface area contributed by atoms with E-state index in [0.717, 1.165) is 36.5 Å². The minimum Gasteiger partial charge on any atom is -0.357 e. The Morgan fingerprint density at radius 3 is 2.79 bits per heavy atom. The van der Waals surface area contributed by atoms with Crippen LogP contribution in [0.4, 0.5) is 0 Å². The van der Waals surface area contributed by atoms with E-state index in [0.29, 0.717) is 0 Å². The van der Waals surface area contributed by atoms with E-state index in [4.69, 9.17) is 16.6 Å².